The van der Waals surface area contributed by atoms with Gasteiger partial charge in [0.1, 0.15) is 5.02 Å². The van der Waals surface area contributed by atoms with Crippen molar-refractivity contribution in [3.8, 4) is 0 Å². The van der Waals surface area contributed by atoms with Crippen LogP contribution in [-0.4, -0.2) is 9.78 Å². The fraction of sp³-hybridized carbons (Fsp3) is 0.667. The lowest BCUT2D eigenvalue weighted by molar-refractivity contribution is 0.126. The predicted molar refractivity (Wildman–Crippen MR) is 53.6 cm³/mol. The summed E-state index contributed by atoms with van der Waals surface area (Å²) >= 11 is 5.81. The van der Waals surface area contributed by atoms with Gasteiger partial charge in [0.2, 0.25) is 0 Å². The summed E-state index contributed by atoms with van der Waals surface area (Å²) in [6, 6.07) is 0. The van der Waals surface area contributed by atoms with Gasteiger partial charge < -0.3 is 5.73 Å². The molecule has 1 saturated carbocycles. The lowest BCUT2D eigenvalue weighted by Gasteiger charge is -2.38. The summed E-state index contributed by atoms with van der Waals surface area (Å²) in [7, 11) is 0. The first-order valence-corrected chi connectivity index (χ1v) is 4.95. The van der Waals surface area contributed by atoms with Crippen molar-refractivity contribution in [2.75, 3.05) is 5.73 Å². The molecule has 2 N–H and O–H groups in total. The first-order chi connectivity index (χ1) is 6.09. The third-order valence-corrected chi connectivity index (χ3v) is 3.14. The number of rotatable bonds is 2. The summed E-state index contributed by atoms with van der Waals surface area (Å²) in [6.07, 6.45) is 5.70. The molecule has 0 spiro atoms. The Labute approximate surface area is 82.9 Å². The first kappa shape index (κ1) is 8.88. The maximum absolute atomic E-state index is 5.81. The molecule has 3 nitrogen and oxygen atoms in total. The van der Waals surface area contributed by atoms with Gasteiger partial charge in [0, 0.05) is 12.7 Å². The summed E-state index contributed by atoms with van der Waals surface area (Å²) in [5, 5.41) is 4.70. The monoisotopic (exact) mass is 199 g/mol. The molecular weight excluding hydrogens is 186 g/mol. The van der Waals surface area contributed by atoms with E-state index in [0.29, 0.717) is 16.3 Å². The van der Waals surface area contributed by atoms with E-state index in [2.05, 4.69) is 12.0 Å². The SMILES string of the molecule is CC1(Cn2cc(Cl)c(N)n2)CCC1. The highest BCUT2D eigenvalue weighted by Gasteiger charge is 2.32. The number of hydrogen-bond acceptors (Lipinski definition) is 2. The zero-order chi connectivity index (χ0) is 9.47. The van der Waals surface area contributed by atoms with Gasteiger partial charge in [-0.1, -0.05) is 24.9 Å². The number of nitrogens with two attached hydrogens (primary N) is 1. The van der Waals surface area contributed by atoms with Crippen LogP contribution in [0.3, 0.4) is 0 Å². The van der Waals surface area contributed by atoms with E-state index >= 15 is 0 Å². The van der Waals surface area contributed by atoms with Gasteiger partial charge in [-0.3, -0.25) is 4.68 Å². The van der Waals surface area contributed by atoms with Crippen LogP contribution < -0.4 is 5.73 Å². The van der Waals surface area contributed by atoms with Crippen molar-refractivity contribution in [1.29, 1.82) is 0 Å². The van der Waals surface area contributed by atoms with Crippen molar-refractivity contribution < 1.29 is 0 Å². The van der Waals surface area contributed by atoms with Crippen LogP contribution in [0.1, 0.15) is 26.2 Å². The smallest absolute Gasteiger partial charge is 0.164 e. The number of anilines is 1. The fourth-order valence-electron chi connectivity index (χ4n) is 1.82. The van der Waals surface area contributed by atoms with Crippen molar-refractivity contribution in [3.05, 3.63) is 11.2 Å². The summed E-state index contributed by atoms with van der Waals surface area (Å²) in [5.74, 6) is 0.435. The van der Waals surface area contributed by atoms with Crippen LogP contribution in [0.25, 0.3) is 0 Å². The molecule has 13 heavy (non-hydrogen) atoms. The molecule has 1 aromatic heterocycles. The quantitative estimate of drug-likeness (QED) is 0.795. The Balaban J connectivity index is 2.09. The Kier molecular flexibility index (Phi) is 1.99. The van der Waals surface area contributed by atoms with Gasteiger partial charge in [0.25, 0.3) is 0 Å². The van der Waals surface area contributed by atoms with Gasteiger partial charge in [0.15, 0.2) is 5.82 Å². The molecule has 0 amide bonds. The molecule has 1 aromatic rings. The van der Waals surface area contributed by atoms with Gasteiger partial charge in [-0.2, -0.15) is 5.10 Å². The largest absolute Gasteiger partial charge is 0.381 e. The fourth-order valence-corrected chi connectivity index (χ4v) is 1.97. The van der Waals surface area contributed by atoms with Gasteiger partial charge in [-0.25, -0.2) is 0 Å². The van der Waals surface area contributed by atoms with Crippen LogP contribution in [0.4, 0.5) is 5.82 Å². The third-order valence-electron chi connectivity index (χ3n) is 2.85. The molecular formula is C9H14ClN3. The summed E-state index contributed by atoms with van der Waals surface area (Å²) in [4.78, 5) is 0. The zero-order valence-corrected chi connectivity index (χ0v) is 8.51. The van der Waals surface area contributed by atoms with Crippen molar-refractivity contribution in [1.82, 2.24) is 9.78 Å². The van der Waals surface area contributed by atoms with Gasteiger partial charge >= 0.3 is 0 Å². The van der Waals surface area contributed by atoms with Crippen molar-refractivity contribution in [3.63, 3.8) is 0 Å². The minimum atomic E-state index is 0.418. The molecule has 1 fully saturated rings. The van der Waals surface area contributed by atoms with Crippen LogP contribution in [0.15, 0.2) is 6.20 Å². The van der Waals surface area contributed by atoms with Crippen molar-refractivity contribution in [2.45, 2.75) is 32.7 Å². The molecule has 2 rings (SSSR count). The second-order valence-corrected chi connectivity index (χ2v) is 4.63. The average Bonchev–Trinajstić information content (AvgIpc) is 2.28. The van der Waals surface area contributed by atoms with Crippen molar-refractivity contribution in [2.24, 2.45) is 5.41 Å². The Morgan fingerprint density at radius 3 is 2.77 bits per heavy atom. The maximum atomic E-state index is 5.81. The minimum absolute atomic E-state index is 0.418. The molecule has 4 heteroatoms. The van der Waals surface area contributed by atoms with E-state index < -0.39 is 0 Å². The van der Waals surface area contributed by atoms with Crippen molar-refractivity contribution >= 4 is 17.4 Å². The molecule has 0 bridgehead atoms. The number of nitrogen functional groups attached to an aromatic ring is 1. The van der Waals surface area contributed by atoms with Crippen LogP contribution in [0, 0.1) is 5.41 Å². The Morgan fingerprint density at radius 2 is 2.38 bits per heavy atom. The molecule has 1 aliphatic rings. The number of aromatic nitrogens is 2. The van der Waals surface area contributed by atoms with Crippen LogP contribution in [0.5, 0.6) is 0 Å². The highest BCUT2D eigenvalue weighted by molar-refractivity contribution is 6.32. The van der Waals surface area contributed by atoms with Gasteiger partial charge in [0.05, 0.1) is 0 Å². The topological polar surface area (TPSA) is 43.8 Å². The van der Waals surface area contributed by atoms with E-state index in [9.17, 15) is 0 Å². The van der Waals surface area contributed by atoms with E-state index in [0.717, 1.165) is 6.54 Å². The van der Waals surface area contributed by atoms with Crippen LogP contribution in [-0.2, 0) is 6.54 Å². The number of hydrogen-bond donors (Lipinski definition) is 1. The first-order valence-electron chi connectivity index (χ1n) is 4.58. The van der Waals surface area contributed by atoms with E-state index in [1.165, 1.54) is 19.3 Å². The predicted octanol–water partition coefficient (Wildman–Crippen LogP) is 2.31. The van der Waals surface area contributed by atoms with E-state index in [1.54, 1.807) is 6.20 Å². The maximum Gasteiger partial charge on any atom is 0.164 e. The molecule has 72 valence electrons. The lowest BCUT2D eigenvalue weighted by atomic mass is 9.70. The molecule has 0 radical (unpaired) electrons. The molecule has 0 atom stereocenters. The minimum Gasteiger partial charge on any atom is -0.381 e. The molecule has 0 aliphatic heterocycles. The molecule has 1 heterocycles. The highest BCUT2D eigenvalue weighted by atomic mass is 35.5. The Morgan fingerprint density at radius 1 is 1.69 bits per heavy atom. The number of nitrogens with zero attached hydrogens (tertiary/aromatic N) is 2. The van der Waals surface area contributed by atoms with E-state index in [4.69, 9.17) is 17.3 Å². The number of halogens is 1. The van der Waals surface area contributed by atoms with Gasteiger partial charge in [-0.15, -0.1) is 0 Å². The van der Waals surface area contributed by atoms with E-state index in [-0.39, 0.29) is 0 Å². The van der Waals surface area contributed by atoms with Crippen LogP contribution in [0.2, 0.25) is 5.02 Å². The lowest BCUT2D eigenvalue weighted by Crippen LogP contribution is -2.30. The van der Waals surface area contributed by atoms with Crippen LogP contribution >= 0.6 is 11.6 Å². The summed E-state index contributed by atoms with van der Waals surface area (Å²) < 4.78 is 1.86. The Bertz CT molecular complexity index is 295. The molecule has 0 aromatic carbocycles. The average molecular weight is 200 g/mol. The second-order valence-electron chi connectivity index (χ2n) is 4.22. The normalized spacial score (nSPS) is 19.8. The van der Waals surface area contributed by atoms with Gasteiger partial charge in [-0.05, 0) is 18.3 Å². The van der Waals surface area contributed by atoms with E-state index in [1.807, 2.05) is 4.68 Å². The molecule has 0 unspecified atom stereocenters. The molecule has 1 aliphatic carbocycles. The molecule has 0 saturated heterocycles. The Hall–Kier alpha value is -0.700. The standard InChI is InChI=1S/C9H14ClN3/c1-9(3-2-4-9)6-13-5-7(10)8(11)12-13/h5H,2-4,6H2,1H3,(H2,11,12). The highest BCUT2D eigenvalue weighted by Crippen LogP contribution is 2.41. The zero-order valence-electron chi connectivity index (χ0n) is 7.76. The third kappa shape index (κ3) is 1.66. The second kappa shape index (κ2) is 2.91. The summed E-state index contributed by atoms with van der Waals surface area (Å²) in [5.41, 5.74) is 5.97. The summed E-state index contributed by atoms with van der Waals surface area (Å²) in [6.45, 7) is 3.21.